The van der Waals surface area contributed by atoms with Crippen molar-refractivity contribution in [3.63, 3.8) is 0 Å². The van der Waals surface area contributed by atoms with Crippen molar-refractivity contribution in [1.82, 2.24) is 10.1 Å². The highest BCUT2D eigenvalue weighted by atomic mass is 16.5. The summed E-state index contributed by atoms with van der Waals surface area (Å²) in [5.74, 6) is 0.527. The van der Waals surface area contributed by atoms with E-state index in [-0.39, 0.29) is 6.04 Å². The number of aryl methyl sites for hydroxylation is 1. The van der Waals surface area contributed by atoms with E-state index in [9.17, 15) is 0 Å². The number of anilines is 1. The molecule has 18 heavy (non-hydrogen) atoms. The fourth-order valence-electron chi connectivity index (χ4n) is 2.46. The Morgan fingerprint density at radius 1 is 1.44 bits per heavy atom. The number of benzene rings is 1. The van der Waals surface area contributed by atoms with Gasteiger partial charge in [0, 0.05) is 19.3 Å². The Balaban J connectivity index is 1.95. The minimum Gasteiger partial charge on any atom is -0.374 e. The molecular weight excluding hydrogens is 228 g/mol. The molecule has 0 aliphatic carbocycles. The van der Waals surface area contributed by atoms with Crippen LogP contribution in [0.15, 0.2) is 29.1 Å². The lowest BCUT2D eigenvalue weighted by atomic mass is 9.97. The number of fused-ring (bicyclic) bond motifs is 1. The molecule has 1 unspecified atom stereocenters. The quantitative estimate of drug-likeness (QED) is 0.867. The van der Waals surface area contributed by atoms with E-state index in [1.807, 2.05) is 6.07 Å². The molecule has 94 valence electrons. The van der Waals surface area contributed by atoms with Gasteiger partial charge in [-0.3, -0.25) is 0 Å². The van der Waals surface area contributed by atoms with Gasteiger partial charge < -0.3 is 15.2 Å². The fraction of sp³-hybridized carbons (Fsp3) is 0.385. The zero-order valence-corrected chi connectivity index (χ0v) is 10.3. The molecule has 0 spiro atoms. The van der Waals surface area contributed by atoms with Gasteiger partial charge in [0.15, 0.2) is 5.82 Å². The highest BCUT2D eigenvalue weighted by Gasteiger charge is 2.18. The van der Waals surface area contributed by atoms with Crippen LogP contribution in [0.5, 0.6) is 0 Å². The summed E-state index contributed by atoms with van der Waals surface area (Å²) >= 11 is 0. The first kappa shape index (κ1) is 11.2. The second-order valence-electron chi connectivity index (χ2n) is 4.68. The summed E-state index contributed by atoms with van der Waals surface area (Å²) < 4.78 is 4.74. The van der Waals surface area contributed by atoms with Crippen molar-refractivity contribution in [3.8, 4) is 0 Å². The third-order valence-corrected chi connectivity index (χ3v) is 3.47. The highest BCUT2D eigenvalue weighted by Crippen LogP contribution is 2.29. The molecule has 0 saturated heterocycles. The number of rotatable bonds is 2. The molecule has 5 nitrogen and oxygen atoms in total. The molecule has 2 heterocycles. The van der Waals surface area contributed by atoms with Gasteiger partial charge in [0.05, 0.1) is 6.04 Å². The maximum atomic E-state index is 6.13. The average Bonchev–Trinajstić information content (AvgIpc) is 2.91. The van der Waals surface area contributed by atoms with E-state index in [0.29, 0.717) is 5.82 Å². The summed E-state index contributed by atoms with van der Waals surface area (Å²) in [6, 6.07) is 6.01. The zero-order valence-electron chi connectivity index (χ0n) is 10.3. The van der Waals surface area contributed by atoms with E-state index in [2.05, 4.69) is 34.2 Å². The van der Waals surface area contributed by atoms with Gasteiger partial charge in [-0.2, -0.15) is 4.98 Å². The van der Waals surface area contributed by atoms with Gasteiger partial charge in [-0.05, 0) is 30.0 Å². The van der Waals surface area contributed by atoms with Gasteiger partial charge in [0.2, 0.25) is 6.39 Å². The molecule has 5 heteroatoms. The minimum absolute atomic E-state index is 0.318. The second kappa shape index (κ2) is 4.42. The molecule has 3 rings (SSSR count). The number of nitrogens with zero attached hydrogens (tertiary/aromatic N) is 3. The molecular formula is C13H16N4O. The SMILES string of the molecule is CN1CCCc2cc(C(N)c3ncon3)ccc21. The summed E-state index contributed by atoms with van der Waals surface area (Å²) in [6.07, 6.45) is 3.60. The van der Waals surface area contributed by atoms with Gasteiger partial charge >= 0.3 is 0 Å². The Bertz CT molecular complexity index is 538. The minimum atomic E-state index is -0.318. The Kier molecular flexibility index (Phi) is 2.76. The molecule has 0 saturated carbocycles. The van der Waals surface area contributed by atoms with Crippen LogP contribution in [0.4, 0.5) is 5.69 Å². The molecule has 0 bridgehead atoms. The summed E-state index contributed by atoms with van der Waals surface area (Å²) in [4.78, 5) is 6.29. The predicted octanol–water partition coefficient (Wildman–Crippen LogP) is 1.50. The lowest BCUT2D eigenvalue weighted by molar-refractivity contribution is 0.407. The van der Waals surface area contributed by atoms with Crippen LogP contribution in [-0.2, 0) is 6.42 Å². The van der Waals surface area contributed by atoms with Crippen molar-refractivity contribution in [2.45, 2.75) is 18.9 Å². The Hall–Kier alpha value is -1.88. The summed E-state index contributed by atoms with van der Waals surface area (Å²) in [5, 5.41) is 3.80. The molecule has 1 atom stereocenters. The molecule has 1 aliphatic heterocycles. The predicted molar refractivity (Wildman–Crippen MR) is 68.4 cm³/mol. The van der Waals surface area contributed by atoms with Crippen LogP contribution in [0.1, 0.15) is 29.4 Å². The normalized spacial score (nSPS) is 16.4. The molecule has 0 amide bonds. The molecule has 0 radical (unpaired) electrons. The third kappa shape index (κ3) is 1.86. The van der Waals surface area contributed by atoms with Crippen molar-refractivity contribution in [3.05, 3.63) is 41.5 Å². The van der Waals surface area contributed by atoms with Gasteiger partial charge in [-0.25, -0.2) is 0 Å². The smallest absolute Gasteiger partial charge is 0.213 e. The average molecular weight is 244 g/mol. The van der Waals surface area contributed by atoms with E-state index in [4.69, 9.17) is 10.3 Å². The first-order valence-electron chi connectivity index (χ1n) is 6.11. The number of hydrogen-bond acceptors (Lipinski definition) is 5. The maximum absolute atomic E-state index is 6.13. The van der Waals surface area contributed by atoms with Crippen molar-refractivity contribution in [2.75, 3.05) is 18.5 Å². The number of nitrogens with two attached hydrogens (primary N) is 1. The van der Waals surface area contributed by atoms with E-state index in [0.717, 1.165) is 18.5 Å². The van der Waals surface area contributed by atoms with Crippen LogP contribution >= 0.6 is 0 Å². The van der Waals surface area contributed by atoms with Crippen LogP contribution in [0.25, 0.3) is 0 Å². The molecule has 2 aromatic rings. The summed E-state index contributed by atoms with van der Waals surface area (Å²) in [5.41, 5.74) is 9.81. The largest absolute Gasteiger partial charge is 0.374 e. The van der Waals surface area contributed by atoms with Crippen molar-refractivity contribution in [2.24, 2.45) is 5.73 Å². The zero-order chi connectivity index (χ0) is 12.5. The van der Waals surface area contributed by atoms with Crippen LogP contribution < -0.4 is 10.6 Å². The van der Waals surface area contributed by atoms with E-state index in [1.165, 1.54) is 24.1 Å². The van der Waals surface area contributed by atoms with E-state index in [1.54, 1.807) is 0 Å². The first-order chi connectivity index (χ1) is 8.75. The lowest BCUT2D eigenvalue weighted by Crippen LogP contribution is -2.25. The van der Waals surface area contributed by atoms with Crippen LogP contribution in [0.2, 0.25) is 0 Å². The molecule has 0 fully saturated rings. The summed E-state index contributed by atoms with van der Waals surface area (Å²) in [7, 11) is 2.12. The standard InChI is InChI=1S/C13H16N4O/c1-17-6-2-3-9-7-10(4-5-11(9)17)12(14)13-15-8-18-16-13/h4-5,7-8,12H,2-3,6,14H2,1H3. The highest BCUT2D eigenvalue weighted by molar-refractivity contribution is 5.56. The topological polar surface area (TPSA) is 68.2 Å². The second-order valence-corrected chi connectivity index (χ2v) is 4.68. The van der Waals surface area contributed by atoms with Gasteiger partial charge in [0.25, 0.3) is 0 Å². The lowest BCUT2D eigenvalue weighted by Gasteiger charge is -2.28. The van der Waals surface area contributed by atoms with E-state index >= 15 is 0 Å². The number of hydrogen-bond donors (Lipinski definition) is 1. The molecule has 1 aromatic heterocycles. The van der Waals surface area contributed by atoms with Gasteiger partial charge in [-0.1, -0.05) is 17.3 Å². The monoisotopic (exact) mass is 244 g/mol. The molecule has 1 aromatic carbocycles. The Labute approximate surface area is 106 Å². The Morgan fingerprint density at radius 2 is 2.33 bits per heavy atom. The van der Waals surface area contributed by atoms with Crippen molar-refractivity contribution in [1.29, 1.82) is 0 Å². The van der Waals surface area contributed by atoms with Crippen molar-refractivity contribution < 1.29 is 4.52 Å². The third-order valence-electron chi connectivity index (χ3n) is 3.47. The molecule has 1 aliphatic rings. The maximum Gasteiger partial charge on any atom is 0.213 e. The Morgan fingerprint density at radius 3 is 3.11 bits per heavy atom. The first-order valence-corrected chi connectivity index (χ1v) is 6.11. The summed E-state index contributed by atoms with van der Waals surface area (Å²) in [6.45, 7) is 1.11. The van der Waals surface area contributed by atoms with E-state index < -0.39 is 0 Å². The fourth-order valence-corrected chi connectivity index (χ4v) is 2.46. The van der Waals surface area contributed by atoms with Crippen molar-refractivity contribution >= 4 is 5.69 Å². The molecule has 2 N–H and O–H groups in total. The van der Waals surface area contributed by atoms with Crippen LogP contribution in [0.3, 0.4) is 0 Å². The van der Waals surface area contributed by atoms with Crippen LogP contribution in [-0.4, -0.2) is 23.7 Å². The number of aromatic nitrogens is 2. The van der Waals surface area contributed by atoms with Crippen LogP contribution in [0, 0.1) is 0 Å². The van der Waals surface area contributed by atoms with Gasteiger partial charge in [-0.15, -0.1) is 0 Å². The van der Waals surface area contributed by atoms with Gasteiger partial charge in [0.1, 0.15) is 0 Å².